The predicted molar refractivity (Wildman–Crippen MR) is 136 cm³/mol. The van der Waals surface area contributed by atoms with Gasteiger partial charge in [-0.25, -0.2) is 0 Å². The van der Waals surface area contributed by atoms with Crippen LogP contribution in [0.3, 0.4) is 0 Å². The van der Waals surface area contributed by atoms with Crippen LogP contribution >= 0.6 is 31.9 Å². The number of hydrogen-bond acceptors (Lipinski definition) is 4. The molecule has 1 unspecified atom stereocenters. The Morgan fingerprint density at radius 2 is 1.58 bits per heavy atom. The molecule has 2 aromatic carbocycles. The molecule has 0 heterocycles. The van der Waals surface area contributed by atoms with Crippen molar-refractivity contribution in [1.29, 1.82) is 0 Å². The van der Waals surface area contributed by atoms with Gasteiger partial charge in [0.05, 0.1) is 19.9 Å². The van der Waals surface area contributed by atoms with Crippen molar-refractivity contribution in [2.24, 2.45) is 5.92 Å². The van der Waals surface area contributed by atoms with Gasteiger partial charge in [0.1, 0.15) is 0 Å². The molecule has 0 saturated carbocycles. The minimum atomic E-state index is 0.767. The monoisotopic (exact) mass is 552 g/mol. The molecule has 0 bridgehead atoms. The van der Waals surface area contributed by atoms with Gasteiger partial charge in [0.25, 0.3) is 0 Å². The largest absolute Gasteiger partial charge is 0.493 e. The van der Waals surface area contributed by atoms with E-state index in [1.807, 2.05) is 0 Å². The van der Waals surface area contributed by atoms with E-state index in [2.05, 4.69) is 68.1 Å². The molecule has 170 valence electrons. The van der Waals surface area contributed by atoms with E-state index < -0.39 is 0 Å². The fourth-order valence-electron chi connectivity index (χ4n) is 4.50. The molecule has 0 radical (unpaired) electrons. The number of methoxy groups -OCH3 is 2. The summed E-state index contributed by atoms with van der Waals surface area (Å²) in [5.41, 5.74) is 10.9. The average Bonchev–Trinajstić information content (AvgIpc) is 2.76. The van der Waals surface area contributed by atoms with Crippen molar-refractivity contribution in [2.45, 2.75) is 44.9 Å². The summed E-state index contributed by atoms with van der Waals surface area (Å²) < 4.78 is 12.9. The van der Waals surface area contributed by atoms with E-state index in [0.717, 1.165) is 70.8 Å². The van der Waals surface area contributed by atoms with Crippen molar-refractivity contribution < 1.29 is 9.47 Å². The topological polar surface area (TPSA) is 47.7 Å². The lowest BCUT2D eigenvalue weighted by molar-refractivity contribution is 0.301. The Morgan fingerprint density at radius 3 is 2.23 bits per heavy atom. The highest BCUT2D eigenvalue weighted by molar-refractivity contribution is 9.11. The first-order chi connectivity index (χ1) is 14.9. The summed E-state index contributed by atoms with van der Waals surface area (Å²) in [4.78, 5) is 2.46. The number of ether oxygens (including phenoxy) is 2. The molecule has 0 spiro atoms. The van der Waals surface area contributed by atoms with E-state index in [1.54, 1.807) is 14.2 Å². The minimum Gasteiger partial charge on any atom is -0.493 e. The molecule has 1 atom stereocenters. The molecule has 4 nitrogen and oxygen atoms in total. The predicted octanol–water partition coefficient (Wildman–Crippen LogP) is 6.26. The third kappa shape index (κ3) is 6.62. The Kier molecular flexibility index (Phi) is 9.11. The second kappa shape index (κ2) is 11.6. The second-order valence-electron chi connectivity index (χ2n) is 8.61. The fourth-order valence-corrected chi connectivity index (χ4v) is 5.78. The molecule has 2 N–H and O–H groups in total. The van der Waals surface area contributed by atoms with Gasteiger partial charge in [-0.05, 0) is 144 Å². The first-order valence-electron chi connectivity index (χ1n) is 11.1. The first-order valence-corrected chi connectivity index (χ1v) is 12.7. The van der Waals surface area contributed by atoms with E-state index >= 15 is 0 Å². The van der Waals surface area contributed by atoms with Crippen molar-refractivity contribution in [3.8, 4) is 11.5 Å². The molecule has 1 aliphatic carbocycles. The molecule has 3 rings (SSSR count). The van der Waals surface area contributed by atoms with Crippen LogP contribution in [0.5, 0.6) is 11.5 Å². The number of nitrogen functional groups attached to an aromatic ring is 1. The molecular weight excluding hydrogens is 520 g/mol. The number of benzene rings is 2. The molecule has 0 aliphatic heterocycles. The lowest BCUT2D eigenvalue weighted by Crippen LogP contribution is -2.23. The van der Waals surface area contributed by atoms with Crippen LogP contribution in [0.1, 0.15) is 42.4 Å². The Balaban J connectivity index is 1.39. The number of anilines is 1. The first kappa shape index (κ1) is 24.4. The van der Waals surface area contributed by atoms with Gasteiger partial charge in [-0.2, -0.15) is 0 Å². The molecule has 0 amide bonds. The smallest absolute Gasteiger partial charge is 0.161 e. The van der Waals surface area contributed by atoms with Crippen LogP contribution in [0.2, 0.25) is 0 Å². The third-order valence-corrected chi connectivity index (χ3v) is 7.64. The van der Waals surface area contributed by atoms with Gasteiger partial charge in [0.15, 0.2) is 11.5 Å². The molecular formula is C25H34Br2N2O2. The molecule has 0 saturated heterocycles. The minimum absolute atomic E-state index is 0.767. The zero-order chi connectivity index (χ0) is 22.4. The summed E-state index contributed by atoms with van der Waals surface area (Å²) in [7, 11) is 5.66. The van der Waals surface area contributed by atoms with Crippen LogP contribution in [0.25, 0.3) is 0 Å². The van der Waals surface area contributed by atoms with Gasteiger partial charge in [0, 0.05) is 8.95 Å². The number of fused-ring (bicyclic) bond motifs is 1. The van der Waals surface area contributed by atoms with Crippen LogP contribution in [0, 0.1) is 5.92 Å². The highest BCUT2D eigenvalue weighted by atomic mass is 79.9. The van der Waals surface area contributed by atoms with Crippen molar-refractivity contribution in [3.63, 3.8) is 0 Å². The standard InChI is InChI=1S/C25H34Br2N2O2/c1-29(11-5-7-18-13-21(26)25(28)22(27)14-18)10-4-6-17-8-9-19-15-23(30-2)24(31-3)16-20(19)12-17/h13-17H,4-12,28H2,1-3H3. The zero-order valence-electron chi connectivity index (χ0n) is 18.8. The van der Waals surface area contributed by atoms with Crippen molar-refractivity contribution in [1.82, 2.24) is 4.90 Å². The van der Waals surface area contributed by atoms with Gasteiger partial charge in [-0.3, -0.25) is 0 Å². The summed E-state index contributed by atoms with van der Waals surface area (Å²) >= 11 is 7.07. The Labute approximate surface area is 203 Å². The number of rotatable bonds is 10. The van der Waals surface area contributed by atoms with Crippen molar-refractivity contribution in [2.75, 3.05) is 40.1 Å². The van der Waals surface area contributed by atoms with Crippen LogP contribution in [-0.4, -0.2) is 39.3 Å². The Morgan fingerprint density at radius 1 is 0.968 bits per heavy atom. The number of nitrogens with zero attached hydrogens (tertiary/aromatic N) is 1. The van der Waals surface area contributed by atoms with Crippen LogP contribution in [-0.2, 0) is 19.3 Å². The van der Waals surface area contributed by atoms with Crippen LogP contribution in [0.15, 0.2) is 33.2 Å². The SMILES string of the molecule is COc1cc2c(cc1OC)CC(CCCN(C)CCCc1cc(Br)c(N)c(Br)c1)CC2. The molecule has 2 aromatic rings. The maximum atomic E-state index is 5.98. The highest BCUT2D eigenvalue weighted by Crippen LogP contribution is 2.36. The quantitative estimate of drug-likeness (QED) is 0.353. The van der Waals surface area contributed by atoms with Gasteiger partial charge in [-0.1, -0.05) is 0 Å². The zero-order valence-corrected chi connectivity index (χ0v) is 22.0. The number of aryl methyl sites for hydroxylation is 2. The summed E-state index contributed by atoms with van der Waals surface area (Å²) in [6, 6.07) is 8.61. The van der Waals surface area contributed by atoms with Crippen molar-refractivity contribution >= 4 is 37.5 Å². The number of hydrogen-bond donors (Lipinski definition) is 1. The van der Waals surface area contributed by atoms with E-state index in [-0.39, 0.29) is 0 Å². The number of nitrogens with two attached hydrogens (primary N) is 1. The van der Waals surface area contributed by atoms with E-state index in [0.29, 0.717) is 0 Å². The van der Waals surface area contributed by atoms with Gasteiger partial charge < -0.3 is 20.1 Å². The summed E-state index contributed by atoms with van der Waals surface area (Å²) in [6.45, 7) is 2.27. The molecule has 6 heteroatoms. The lowest BCUT2D eigenvalue weighted by atomic mass is 9.81. The van der Waals surface area contributed by atoms with Gasteiger partial charge in [-0.15, -0.1) is 0 Å². The molecule has 1 aliphatic rings. The van der Waals surface area contributed by atoms with Crippen LogP contribution in [0.4, 0.5) is 5.69 Å². The maximum Gasteiger partial charge on any atom is 0.161 e. The third-order valence-electron chi connectivity index (χ3n) is 6.33. The normalized spacial score (nSPS) is 15.7. The van der Waals surface area contributed by atoms with Crippen molar-refractivity contribution in [3.05, 3.63) is 49.9 Å². The average molecular weight is 554 g/mol. The maximum absolute atomic E-state index is 5.98. The van der Waals surface area contributed by atoms with Crippen LogP contribution < -0.4 is 15.2 Å². The van der Waals surface area contributed by atoms with Gasteiger partial charge >= 0.3 is 0 Å². The Bertz CT molecular complexity index is 865. The lowest BCUT2D eigenvalue weighted by Gasteiger charge is -2.26. The summed E-state index contributed by atoms with van der Waals surface area (Å²) in [5, 5.41) is 0. The second-order valence-corrected chi connectivity index (χ2v) is 10.3. The highest BCUT2D eigenvalue weighted by Gasteiger charge is 2.21. The Hall–Kier alpha value is -1.24. The summed E-state index contributed by atoms with van der Waals surface area (Å²) in [6.07, 6.45) is 8.32. The van der Waals surface area contributed by atoms with E-state index in [9.17, 15) is 0 Å². The van der Waals surface area contributed by atoms with Gasteiger partial charge in [0.2, 0.25) is 0 Å². The number of halogens is 2. The molecule has 31 heavy (non-hydrogen) atoms. The van der Waals surface area contributed by atoms with E-state index in [1.165, 1.54) is 36.0 Å². The summed E-state index contributed by atoms with van der Waals surface area (Å²) in [5.74, 6) is 2.46. The molecule has 0 aromatic heterocycles. The van der Waals surface area contributed by atoms with E-state index in [4.69, 9.17) is 15.2 Å². The molecule has 0 fully saturated rings. The fraction of sp³-hybridized carbons (Fsp3) is 0.520.